The monoisotopic (exact) mass is 311 g/mol. The van der Waals surface area contributed by atoms with Gasteiger partial charge >= 0.3 is 0 Å². The molecule has 0 amide bonds. The Morgan fingerprint density at radius 1 is 1.00 bits per heavy atom. The smallest absolute Gasteiger partial charge is 0.125 e. The van der Waals surface area contributed by atoms with Crippen molar-refractivity contribution in [2.75, 3.05) is 26.2 Å². The zero-order valence-electron chi connectivity index (χ0n) is 14.0. The number of hydrogen-bond donors (Lipinski definition) is 0. The van der Waals surface area contributed by atoms with Crippen LogP contribution in [0.5, 0.6) is 5.75 Å². The molecule has 0 aromatic heterocycles. The zero-order chi connectivity index (χ0) is 15.7. The maximum Gasteiger partial charge on any atom is 0.125 e. The lowest BCUT2D eigenvalue weighted by Gasteiger charge is -2.19. The molecule has 120 valence electrons. The molecule has 0 atom stereocenters. The molecular weight excluding hydrogens is 282 g/mol. The summed E-state index contributed by atoms with van der Waals surface area (Å²) in [5.74, 6) is 1.00. The van der Waals surface area contributed by atoms with Crippen molar-refractivity contribution < 1.29 is 4.74 Å². The van der Waals surface area contributed by atoms with Crippen molar-refractivity contribution in [1.29, 1.82) is 0 Å². The van der Waals surface area contributed by atoms with Gasteiger partial charge < -0.3 is 9.64 Å². The first-order chi connectivity index (χ1) is 10.1. The first kappa shape index (κ1) is 18.3. The van der Waals surface area contributed by atoms with Crippen molar-refractivity contribution in [3.8, 4) is 5.75 Å². The standard InChI is InChI=1S/C18H30ClNO/c1-5-10-20(6-2)11-8-7-9-12-21-18-15(3)13-17(19)14-16(18)4/h13-14H,5-12H2,1-4H3. The van der Waals surface area contributed by atoms with Crippen molar-refractivity contribution in [2.45, 2.75) is 53.4 Å². The van der Waals surface area contributed by atoms with Crippen molar-refractivity contribution in [1.82, 2.24) is 4.90 Å². The molecule has 0 saturated heterocycles. The van der Waals surface area contributed by atoms with Gasteiger partial charge in [-0.05, 0) is 82.4 Å². The number of aryl methyl sites for hydroxylation is 2. The van der Waals surface area contributed by atoms with E-state index in [1.807, 2.05) is 12.1 Å². The van der Waals surface area contributed by atoms with E-state index in [0.717, 1.165) is 41.5 Å². The number of unbranched alkanes of at least 4 members (excludes halogenated alkanes) is 2. The van der Waals surface area contributed by atoms with E-state index < -0.39 is 0 Å². The van der Waals surface area contributed by atoms with Crippen molar-refractivity contribution in [2.24, 2.45) is 0 Å². The molecule has 0 unspecified atom stereocenters. The summed E-state index contributed by atoms with van der Waals surface area (Å²) in [6.45, 7) is 13.0. The fraction of sp³-hybridized carbons (Fsp3) is 0.667. The third-order valence-corrected chi connectivity index (χ3v) is 4.00. The van der Waals surface area contributed by atoms with Gasteiger partial charge in [-0.15, -0.1) is 0 Å². The predicted molar refractivity (Wildman–Crippen MR) is 92.7 cm³/mol. The number of halogens is 1. The van der Waals surface area contributed by atoms with E-state index in [1.54, 1.807) is 0 Å². The third kappa shape index (κ3) is 6.71. The minimum Gasteiger partial charge on any atom is -0.493 e. The maximum absolute atomic E-state index is 6.03. The summed E-state index contributed by atoms with van der Waals surface area (Å²) in [7, 11) is 0. The molecule has 2 nitrogen and oxygen atoms in total. The lowest BCUT2D eigenvalue weighted by molar-refractivity contribution is 0.267. The first-order valence-corrected chi connectivity index (χ1v) is 8.58. The Bertz CT molecular complexity index is 397. The number of ether oxygens (including phenoxy) is 1. The second-order valence-electron chi connectivity index (χ2n) is 5.71. The Hall–Kier alpha value is -0.730. The molecular formula is C18H30ClNO. The van der Waals surface area contributed by atoms with Gasteiger partial charge in [-0.2, -0.15) is 0 Å². The fourth-order valence-corrected chi connectivity index (χ4v) is 2.99. The van der Waals surface area contributed by atoms with Crippen LogP contribution in [0.2, 0.25) is 5.02 Å². The molecule has 1 rings (SSSR count). The van der Waals surface area contributed by atoms with E-state index >= 15 is 0 Å². The summed E-state index contributed by atoms with van der Waals surface area (Å²) >= 11 is 6.03. The van der Waals surface area contributed by atoms with E-state index in [4.69, 9.17) is 16.3 Å². The molecule has 0 bridgehead atoms. The molecule has 1 aromatic carbocycles. The highest BCUT2D eigenvalue weighted by Crippen LogP contribution is 2.27. The molecule has 0 aliphatic heterocycles. The van der Waals surface area contributed by atoms with Crippen molar-refractivity contribution >= 4 is 11.6 Å². The summed E-state index contributed by atoms with van der Waals surface area (Å²) < 4.78 is 5.93. The summed E-state index contributed by atoms with van der Waals surface area (Å²) in [4.78, 5) is 2.52. The molecule has 0 spiro atoms. The highest BCUT2D eigenvalue weighted by Gasteiger charge is 2.05. The molecule has 0 heterocycles. The van der Waals surface area contributed by atoms with Gasteiger partial charge in [0, 0.05) is 5.02 Å². The van der Waals surface area contributed by atoms with Crippen molar-refractivity contribution in [3.63, 3.8) is 0 Å². The average Bonchev–Trinajstić information content (AvgIpc) is 2.43. The number of hydrogen-bond acceptors (Lipinski definition) is 2. The second-order valence-corrected chi connectivity index (χ2v) is 6.15. The van der Waals surface area contributed by atoms with E-state index in [1.165, 1.54) is 32.4 Å². The molecule has 0 N–H and O–H groups in total. The van der Waals surface area contributed by atoms with Crippen LogP contribution >= 0.6 is 11.6 Å². The Morgan fingerprint density at radius 3 is 2.24 bits per heavy atom. The van der Waals surface area contributed by atoms with E-state index in [-0.39, 0.29) is 0 Å². The van der Waals surface area contributed by atoms with Gasteiger partial charge in [0.25, 0.3) is 0 Å². The van der Waals surface area contributed by atoms with Crippen LogP contribution in [0.1, 0.15) is 50.7 Å². The minimum atomic E-state index is 0.785. The SMILES string of the molecule is CCCN(CC)CCCCCOc1c(C)cc(Cl)cc1C. The second kappa shape index (κ2) is 10.1. The van der Waals surface area contributed by atoms with Gasteiger partial charge in [0.2, 0.25) is 0 Å². The van der Waals surface area contributed by atoms with Crippen LogP contribution in [0.15, 0.2) is 12.1 Å². The Morgan fingerprint density at radius 2 is 1.67 bits per heavy atom. The van der Waals surface area contributed by atoms with Crippen LogP contribution in [0, 0.1) is 13.8 Å². The number of benzene rings is 1. The van der Waals surface area contributed by atoms with Crippen LogP contribution in [0.4, 0.5) is 0 Å². The van der Waals surface area contributed by atoms with Gasteiger partial charge in [-0.1, -0.05) is 25.4 Å². The van der Waals surface area contributed by atoms with E-state index in [0.29, 0.717) is 0 Å². The average molecular weight is 312 g/mol. The molecule has 0 aliphatic rings. The molecule has 0 fully saturated rings. The van der Waals surface area contributed by atoms with E-state index in [2.05, 4.69) is 32.6 Å². The highest BCUT2D eigenvalue weighted by atomic mass is 35.5. The highest BCUT2D eigenvalue weighted by molar-refractivity contribution is 6.30. The van der Waals surface area contributed by atoms with Gasteiger partial charge in [0.15, 0.2) is 0 Å². The quantitative estimate of drug-likeness (QED) is 0.548. The number of rotatable bonds is 10. The third-order valence-electron chi connectivity index (χ3n) is 3.78. The molecule has 1 aromatic rings. The Kier molecular flexibility index (Phi) is 8.79. The predicted octanol–water partition coefficient (Wildman–Crippen LogP) is 5.24. The lowest BCUT2D eigenvalue weighted by atomic mass is 10.1. The van der Waals surface area contributed by atoms with Gasteiger partial charge in [0.05, 0.1) is 6.61 Å². The lowest BCUT2D eigenvalue weighted by Crippen LogP contribution is -2.25. The molecule has 21 heavy (non-hydrogen) atoms. The minimum absolute atomic E-state index is 0.785. The van der Waals surface area contributed by atoms with Gasteiger partial charge in [-0.3, -0.25) is 0 Å². The molecule has 3 heteroatoms. The fourth-order valence-electron chi connectivity index (χ4n) is 2.66. The van der Waals surface area contributed by atoms with Gasteiger partial charge in [-0.25, -0.2) is 0 Å². The topological polar surface area (TPSA) is 12.5 Å². The van der Waals surface area contributed by atoms with Crippen LogP contribution < -0.4 is 4.74 Å². The van der Waals surface area contributed by atoms with Gasteiger partial charge in [0.1, 0.15) is 5.75 Å². The van der Waals surface area contributed by atoms with Crippen LogP contribution in [0.25, 0.3) is 0 Å². The van der Waals surface area contributed by atoms with Crippen LogP contribution in [0.3, 0.4) is 0 Å². The Balaban J connectivity index is 2.23. The largest absolute Gasteiger partial charge is 0.493 e. The van der Waals surface area contributed by atoms with Crippen LogP contribution in [-0.2, 0) is 0 Å². The molecule has 0 saturated carbocycles. The summed E-state index contributed by atoms with van der Waals surface area (Å²) in [6, 6.07) is 3.93. The number of nitrogens with zero attached hydrogens (tertiary/aromatic N) is 1. The maximum atomic E-state index is 6.03. The summed E-state index contributed by atoms with van der Waals surface area (Å²) in [5, 5.41) is 0.785. The van der Waals surface area contributed by atoms with Crippen molar-refractivity contribution in [3.05, 3.63) is 28.3 Å². The molecule has 0 radical (unpaired) electrons. The summed E-state index contributed by atoms with van der Waals surface area (Å²) in [5.41, 5.74) is 2.25. The Labute approximate surface area is 135 Å². The van der Waals surface area contributed by atoms with Crippen LogP contribution in [-0.4, -0.2) is 31.1 Å². The summed E-state index contributed by atoms with van der Waals surface area (Å²) in [6.07, 6.45) is 4.85. The van der Waals surface area contributed by atoms with E-state index in [9.17, 15) is 0 Å². The molecule has 0 aliphatic carbocycles. The zero-order valence-corrected chi connectivity index (χ0v) is 14.8. The first-order valence-electron chi connectivity index (χ1n) is 8.20. The normalized spacial score (nSPS) is 11.1.